The fourth-order valence-corrected chi connectivity index (χ4v) is 2.09. The molecule has 98 valence electrons. The fourth-order valence-electron chi connectivity index (χ4n) is 2.09. The quantitative estimate of drug-likeness (QED) is 0.881. The molecule has 1 aliphatic heterocycles. The molecule has 1 aromatic carbocycles. The average molecular weight is 248 g/mol. The number of hydrogen-bond acceptors (Lipinski definition) is 3. The highest BCUT2D eigenvalue weighted by Gasteiger charge is 2.24. The summed E-state index contributed by atoms with van der Waals surface area (Å²) in [5.41, 5.74) is 6.50. The number of ether oxygens (including phenoxy) is 1. The van der Waals surface area contributed by atoms with Crippen LogP contribution in [0.25, 0.3) is 0 Å². The molecule has 4 heteroatoms. The molecule has 0 spiro atoms. The summed E-state index contributed by atoms with van der Waals surface area (Å²) in [7, 11) is 0. The topological polar surface area (TPSA) is 55.6 Å². The van der Waals surface area contributed by atoms with Crippen LogP contribution in [0.3, 0.4) is 0 Å². The second-order valence-electron chi connectivity index (χ2n) is 4.68. The lowest BCUT2D eigenvalue weighted by molar-refractivity contribution is 0.0790. The molecule has 0 bridgehead atoms. The first-order chi connectivity index (χ1) is 8.70. The van der Waals surface area contributed by atoms with Gasteiger partial charge in [0.2, 0.25) is 0 Å². The van der Waals surface area contributed by atoms with Crippen molar-refractivity contribution in [2.24, 2.45) is 5.73 Å². The molecule has 1 aliphatic rings. The van der Waals surface area contributed by atoms with E-state index in [9.17, 15) is 4.79 Å². The number of carbonyl (C=O) groups is 1. The predicted molar refractivity (Wildman–Crippen MR) is 70.7 cm³/mol. The van der Waals surface area contributed by atoms with Gasteiger partial charge in [-0.05, 0) is 31.0 Å². The Kier molecular flexibility index (Phi) is 4.20. The molecular weight excluding hydrogens is 228 g/mol. The minimum absolute atomic E-state index is 0.0462. The number of benzene rings is 1. The highest BCUT2D eigenvalue weighted by atomic mass is 16.5. The Bertz CT molecular complexity index is 420. The van der Waals surface area contributed by atoms with E-state index in [2.05, 4.69) is 6.92 Å². The van der Waals surface area contributed by atoms with E-state index in [0.717, 1.165) is 25.1 Å². The fraction of sp³-hybridized carbons (Fsp3) is 0.500. The van der Waals surface area contributed by atoms with Crippen LogP contribution in [-0.2, 0) is 0 Å². The molecule has 1 atom stereocenters. The van der Waals surface area contributed by atoms with Gasteiger partial charge in [0.1, 0.15) is 5.75 Å². The Balaban J connectivity index is 2.05. The SMILES string of the molecule is CCCOc1cccc(C(=O)N2CCC(N)C2)c1. The smallest absolute Gasteiger partial charge is 0.254 e. The molecule has 2 rings (SSSR count). The number of nitrogens with two attached hydrogens (primary N) is 1. The van der Waals surface area contributed by atoms with Crippen molar-refractivity contribution in [3.8, 4) is 5.75 Å². The summed E-state index contributed by atoms with van der Waals surface area (Å²) in [5, 5.41) is 0. The van der Waals surface area contributed by atoms with Gasteiger partial charge in [0.15, 0.2) is 0 Å². The second kappa shape index (κ2) is 5.87. The minimum Gasteiger partial charge on any atom is -0.494 e. The first-order valence-corrected chi connectivity index (χ1v) is 6.48. The maximum Gasteiger partial charge on any atom is 0.254 e. The van der Waals surface area contributed by atoms with Gasteiger partial charge in [0.25, 0.3) is 5.91 Å². The first kappa shape index (κ1) is 12.9. The van der Waals surface area contributed by atoms with Gasteiger partial charge in [-0.15, -0.1) is 0 Å². The van der Waals surface area contributed by atoms with Crippen LogP contribution in [0.5, 0.6) is 5.75 Å². The van der Waals surface area contributed by atoms with E-state index >= 15 is 0 Å². The van der Waals surface area contributed by atoms with Crippen molar-refractivity contribution in [2.45, 2.75) is 25.8 Å². The van der Waals surface area contributed by atoms with Crippen molar-refractivity contribution < 1.29 is 9.53 Å². The van der Waals surface area contributed by atoms with Crippen molar-refractivity contribution in [1.82, 2.24) is 4.90 Å². The van der Waals surface area contributed by atoms with Crippen LogP contribution in [0.1, 0.15) is 30.1 Å². The third-order valence-corrected chi connectivity index (χ3v) is 3.07. The van der Waals surface area contributed by atoms with Crippen molar-refractivity contribution >= 4 is 5.91 Å². The molecule has 1 aromatic rings. The summed E-state index contributed by atoms with van der Waals surface area (Å²) >= 11 is 0. The number of nitrogens with zero attached hydrogens (tertiary/aromatic N) is 1. The van der Waals surface area contributed by atoms with E-state index in [1.54, 1.807) is 0 Å². The maximum atomic E-state index is 12.2. The number of hydrogen-bond donors (Lipinski definition) is 1. The zero-order chi connectivity index (χ0) is 13.0. The molecule has 0 aliphatic carbocycles. The van der Waals surface area contributed by atoms with Crippen LogP contribution in [0.4, 0.5) is 0 Å². The van der Waals surface area contributed by atoms with E-state index in [1.165, 1.54) is 0 Å². The van der Waals surface area contributed by atoms with Gasteiger partial charge in [0, 0.05) is 24.7 Å². The van der Waals surface area contributed by atoms with Gasteiger partial charge >= 0.3 is 0 Å². The van der Waals surface area contributed by atoms with Crippen LogP contribution < -0.4 is 10.5 Å². The van der Waals surface area contributed by atoms with Gasteiger partial charge in [0.05, 0.1) is 6.61 Å². The summed E-state index contributed by atoms with van der Waals surface area (Å²) < 4.78 is 5.53. The van der Waals surface area contributed by atoms with E-state index < -0.39 is 0 Å². The molecule has 1 amide bonds. The summed E-state index contributed by atoms with van der Waals surface area (Å²) in [5.74, 6) is 0.802. The Morgan fingerprint density at radius 1 is 1.56 bits per heavy atom. The molecule has 1 unspecified atom stereocenters. The lowest BCUT2D eigenvalue weighted by atomic mass is 10.2. The summed E-state index contributed by atoms with van der Waals surface area (Å²) in [4.78, 5) is 14.0. The van der Waals surface area contributed by atoms with Crippen molar-refractivity contribution in [3.63, 3.8) is 0 Å². The predicted octanol–water partition coefficient (Wildman–Crippen LogP) is 1.65. The average Bonchev–Trinajstić information content (AvgIpc) is 2.82. The van der Waals surface area contributed by atoms with E-state index in [4.69, 9.17) is 10.5 Å². The number of likely N-dealkylation sites (tertiary alicyclic amines) is 1. The standard InChI is InChI=1S/C14H20N2O2/c1-2-8-18-13-5-3-4-11(9-13)14(17)16-7-6-12(15)10-16/h3-5,9,12H,2,6-8,10,15H2,1H3. The van der Waals surface area contributed by atoms with Crippen molar-refractivity contribution in [3.05, 3.63) is 29.8 Å². The zero-order valence-electron chi connectivity index (χ0n) is 10.8. The largest absolute Gasteiger partial charge is 0.494 e. The Morgan fingerprint density at radius 3 is 3.06 bits per heavy atom. The molecule has 0 saturated carbocycles. The van der Waals surface area contributed by atoms with Crippen LogP contribution in [0.15, 0.2) is 24.3 Å². The molecule has 1 fully saturated rings. The Morgan fingerprint density at radius 2 is 2.39 bits per heavy atom. The Hall–Kier alpha value is -1.55. The summed E-state index contributed by atoms with van der Waals surface area (Å²) in [6.07, 6.45) is 1.84. The highest BCUT2D eigenvalue weighted by Crippen LogP contribution is 2.17. The zero-order valence-corrected chi connectivity index (χ0v) is 10.8. The van der Waals surface area contributed by atoms with Crippen LogP contribution in [0.2, 0.25) is 0 Å². The molecule has 2 N–H and O–H groups in total. The molecule has 1 saturated heterocycles. The van der Waals surface area contributed by atoms with E-state index in [0.29, 0.717) is 18.7 Å². The van der Waals surface area contributed by atoms with Crippen LogP contribution in [0, 0.1) is 0 Å². The van der Waals surface area contributed by atoms with Crippen LogP contribution >= 0.6 is 0 Å². The molecule has 0 aromatic heterocycles. The van der Waals surface area contributed by atoms with Gasteiger partial charge in [-0.1, -0.05) is 13.0 Å². The molecule has 4 nitrogen and oxygen atoms in total. The number of rotatable bonds is 4. The lowest BCUT2D eigenvalue weighted by Gasteiger charge is -2.16. The third kappa shape index (κ3) is 3.01. The summed E-state index contributed by atoms with van der Waals surface area (Å²) in [6, 6.07) is 7.48. The van der Waals surface area contributed by atoms with Gasteiger partial charge in [-0.2, -0.15) is 0 Å². The first-order valence-electron chi connectivity index (χ1n) is 6.48. The van der Waals surface area contributed by atoms with Crippen molar-refractivity contribution in [1.29, 1.82) is 0 Å². The molecular formula is C14H20N2O2. The normalized spacial score (nSPS) is 19.0. The van der Waals surface area contributed by atoms with Crippen LogP contribution in [-0.4, -0.2) is 36.5 Å². The molecule has 1 heterocycles. The molecule has 0 radical (unpaired) electrons. The minimum atomic E-state index is 0.0462. The second-order valence-corrected chi connectivity index (χ2v) is 4.68. The van der Waals surface area contributed by atoms with E-state index in [-0.39, 0.29) is 11.9 Å². The van der Waals surface area contributed by atoms with Crippen molar-refractivity contribution in [2.75, 3.05) is 19.7 Å². The number of carbonyl (C=O) groups excluding carboxylic acids is 1. The lowest BCUT2D eigenvalue weighted by Crippen LogP contribution is -2.31. The highest BCUT2D eigenvalue weighted by molar-refractivity contribution is 5.94. The van der Waals surface area contributed by atoms with Gasteiger partial charge in [-0.25, -0.2) is 0 Å². The summed E-state index contributed by atoms with van der Waals surface area (Å²) in [6.45, 7) is 4.13. The third-order valence-electron chi connectivity index (χ3n) is 3.07. The van der Waals surface area contributed by atoms with E-state index in [1.807, 2.05) is 29.2 Å². The monoisotopic (exact) mass is 248 g/mol. The Labute approximate surface area is 108 Å². The van der Waals surface area contributed by atoms with Gasteiger partial charge < -0.3 is 15.4 Å². The number of amides is 1. The molecule has 18 heavy (non-hydrogen) atoms. The van der Waals surface area contributed by atoms with Gasteiger partial charge in [-0.3, -0.25) is 4.79 Å². The maximum absolute atomic E-state index is 12.2.